The molecule has 1 fully saturated rings. The molecule has 0 saturated carbocycles. The Labute approximate surface area is 196 Å². The van der Waals surface area contributed by atoms with Gasteiger partial charge in [0.15, 0.2) is 0 Å². The maximum absolute atomic E-state index is 12.9. The van der Waals surface area contributed by atoms with Gasteiger partial charge < -0.3 is 10.2 Å². The molecule has 0 radical (unpaired) electrons. The molecule has 1 aromatic carbocycles. The summed E-state index contributed by atoms with van der Waals surface area (Å²) in [5, 5.41) is 3.60. The van der Waals surface area contributed by atoms with Gasteiger partial charge in [-0.2, -0.15) is 0 Å². The number of aromatic nitrogens is 2. The summed E-state index contributed by atoms with van der Waals surface area (Å²) in [5.41, 5.74) is 2.73. The van der Waals surface area contributed by atoms with Crippen molar-refractivity contribution in [2.45, 2.75) is 33.7 Å². The van der Waals surface area contributed by atoms with Crippen molar-refractivity contribution in [1.29, 1.82) is 0 Å². The van der Waals surface area contributed by atoms with E-state index in [1.54, 1.807) is 4.90 Å². The van der Waals surface area contributed by atoms with Gasteiger partial charge >= 0.3 is 0 Å². The first kappa shape index (κ1) is 23.1. The van der Waals surface area contributed by atoms with Gasteiger partial charge in [-0.25, -0.2) is 4.98 Å². The molecule has 33 heavy (non-hydrogen) atoms. The van der Waals surface area contributed by atoms with Crippen LogP contribution in [-0.4, -0.2) is 63.9 Å². The summed E-state index contributed by atoms with van der Waals surface area (Å²) in [6, 6.07) is 7.81. The largest absolute Gasteiger partial charge is 0.339 e. The molecule has 3 heterocycles. The van der Waals surface area contributed by atoms with Gasteiger partial charge in [0.25, 0.3) is 5.56 Å². The van der Waals surface area contributed by atoms with E-state index in [1.807, 2.05) is 43.0 Å². The van der Waals surface area contributed by atoms with E-state index in [0.717, 1.165) is 28.1 Å². The first-order chi connectivity index (χ1) is 15.9. The number of hydrogen-bond acceptors (Lipinski definition) is 6. The normalized spacial score (nSPS) is 14.6. The van der Waals surface area contributed by atoms with E-state index in [2.05, 4.69) is 17.2 Å². The third-order valence-corrected chi connectivity index (χ3v) is 7.34. The van der Waals surface area contributed by atoms with Crippen LogP contribution in [0.15, 0.2) is 35.4 Å². The molecule has 1 aliphatic heterocycles. The number of amides is 2. The molecule has 4 rings (SSSR count). The Morgan fingerprint density at radius 2 is 1.82 bits per heavy atom. The second kappa shape index (κ2) is 9.84. The fraction of sp³-hybridized carbons (Fsp3) is 0.417. The highest BCUT2D eigenvalue weighted by atomic mass is 32.1. The molecule has 3 aromatic rings. The van der Waals surface area contributed by atoms with Crippen LogP contribution in [0, 0.1) is 13.8 Å². The molecule has 0 atom stereocenters. The van der Waals surface area contributed by atoms with Crippen LogP contribution < -0.4 is 10.9 Å². The first-order valence-corrected chi connectivity index (χ1v) is 12.0. The van der Waals surface area contributed by atoms with Crippen LogP contribution >= 0.6 is 11.3 Å². The van der Waals surface area contributed by atoms with Crippen molar-refractivity contribution < 1.29 is 9.59 Å². The Balaban J connectivity index is 1.32. The molecular weight excluding hydrogens is 438 g/mol. The monoisotopic (exact) mass is 467 g/mol. The number of rotatable bonds is 6. The topological polar surface area (TPSA) is 87.5 Å². The van der Waals surface area contributed by atoms with Crippen LogP contribution in [0.3, 0.4) is 0 Å². The number of nitrogens with one attached hydrogen (secondary N) is 1. The van der Waals surface area contributed by atoms with Gasteiger partial charge in [0.2, 0.25) is 11.8 Å². The maximum atomic E-state index is 12.9. The lowest BCUT2D eigenvalue weighted by Crippen LogP contribution is -2.51. The Morgan fingerprint density at radius 3 is 2.55 bits per heavy atom. The summed E-state index contributed by atoms with van der Waals surface area (Å²) in [6.45, 7) is 8.50. The number of benzene rings is 1. The van der Waals surface area contributed by atoms with Crippen molar-refractivity contribution in [3.8, 4) is 0 Å². The highest BCUT2D eigenvalue weighted by molar-refractivity contribution is 7.18. The van der Waals surface area contributed by atoms with E-state index >= 15 is 0 Å². The predicted octanol–water partition coefficient (Wildman–Crippen LogP) is 2.42. The van der Waals surface area contributed by atoms with Gasteiger partial charge in [-0.05, 0) is 37.5 Å². The molecule has 0 spiro atoms. The average Bonchev–Trinajstić information content (AvgIpc) is 3.10. The number of carbonyl (C=O) groups excluding carboxylic acids is 2. The number of thiophene rings is 1. The fourth-order valence-electron chi connectivity index (χ4n) is 4.13. The molecule has 1 saturated heterocycles. The lowest BCUT2D eigenvalue weighted by Gasteiger charge is -2.34. The Hall–Kier alpha value is -3.04. The summed E-state index contributed by atoms with van der Waals surface area (Å²) in [4.78, 5) is 48.1. The van der Waals surface area contributed by atoms with Crippen molar-refractivity contribution in [3.63, 3.8) is 0 Å². The molecule has 1 N–H and O–H groups in total. The van der Waals surface area contributed by atoms with Crippen LogP contribution in [0.2, 0.25) is 0 Å². The summed E-state index contributed by atoms with van der Waals surface area (Å²) in [6.07, 6.45) is 2.32. The van der Waals surface area contributed by atoms with E-state index in [0.29, 0.717) is 36.4 Å². The van der Waals surface area contributed by atoms with Crippen LogP contribution in [0.1, 0.15) is 22.9 Å². The number of fused-ring (bicyclic) bond motifs is 1. The minimum absolute atomic E-state index is 0.0234. The molecule has 8 nitrogen and oxygen atoms in total. The van der Waals surface area contributed by atoms with Gasteiger partial charge in [0, 0.05) is 36.7 Å². The molecular formula is C24H29N5O3S. The molecule has 0 aliphatic carbocycles. The molecule has 0 unspecified atom stereocenters. The van der Waals surface area contributed by atoms with E-state index < -0.39 is 0 Å². The van der Waals surface area contributed by atoms with Gasteiger partial charge in [0.05, 0.1) is 18.3 Å². The van der Waals surface area contributed by atoms with Crippen LogP contribution in [-0.2, 0) is 22.6 Å². The highest BCUT2D eigenvalue weighted by Gasteiger charge is 2.23. The van der Waals surface area contributed by atoms with Crippen molar-refractivity contribution in [2.24, 2.45) is 0 Å². The van der Waals surface area contributed by atoms with Gasteiger partial charge in [-0.1, -0.05) is 25.1 Å². The zero-order valence-corrected chi connectivity index (χ0v) is 20.1. The van der Waals surface area contributed by atoms with Crippen molar-refractivity contribution in [1.82, 2.24) is 19.4 Å². The van der Waals surface area contributed by atoms with E-state index in [9.17, 15) is 14.4 Å². The summed E-state index contributed by atoms with van der Waals surface area (Å²) in [7, 11) is 0. The predicted molar refractivity (Wildman–Crippen MR) is 131 cm³/mol. The molecule has 2 amide bonds. The van der Waals surface area contributed by atoms with Crippen LogP contribution in [0.5, 0.6) is 0 Å². The number of carbonyl (C=O) groups is 2. The molecule has 0 bridgehead atoms. The zero-order valence-electron chi connectivity index (χ0n) is 19.3. The van der Waals surface area contributed by atoms with E-state index in [4.69, 9.17) is 0 Å². The van der Waals surface area contributed by atoms with Crippen LogP contribution in [0.25, 0.3) is 10.2 Å². The number of aryl methyl sites for hydroxylation is 3. The first-order valence-electron chi connectivity index (χ1n) is 11.2. The van der Waals surface area contributed by atoms with E-state index in [-0.39, 0.29) is 30.5 Å². The van der Waals surface area contributed by atoms with Gasteiger partial charge in [-0.3, -0.25) is 23.9 Å². The number of hydrogen-bond donors (Lipinski definition) is 1. The zero-order chi connectivity index (χ0) is 23.5. The fourth-order valence-corrected chi connectivity index (χ4v) is 5.11. The second-order valence-electron chi connectivity index (χ2n) is 8.36. The molecule has 174 valence electrons. The number of anilines is 1. The summed E-state index contributed by atoms with van der Waals surface area (Å²) < 4.78 is 1.40. The third-order valence-electron chi connectivity index (χ3n) is 6.23. The molecule has 9 heteroatoms. The second-order valence-corrected chi connectivity index (χ2v) is 9.56. The number of nitrogens with zero attached hydrogens (tertiary/aromatic N) is 4. The third kappa shape index (κ3) is 4.99. The lowest BCUT2D eigenvalue weighted by molar-refractivity contribution is -0.133. The van der Waals surface area contributed by atoms with Crippen molar-refractivity contribution in [3.05, 3.63) is 57.0 Å². The van der Waals surface area contributed by atoms with Gasteiger partial charge in [0.1, 0.15) is 11.4 Å². The minimum atomic E-state index is -0.169. The van der Waals surface area contributed by atoms with Crippen molar-refractivity contribution in [2.75, 3.05) is 38.0 Å². The SMILES string of the molecule is CCc1ccccc1NC(=O)CN1CCN(C(=O)Cn2cnc3sc(C)c(C)c3c2=O)CC1. The number of para-hydroxylation sites is 1. The lowest BCUT2D eigenvalue weighted by atomic mass is 10.1. The van der Waals surface area contributed by atoms with Crippen molar-refractivity contribution >= 4 is 39.1 Å². The summed E-state index contributed by atoms with van der Waals surface area (Å²) >= 11 is 1.50. The molecule has 2 aromatic heterocycles. The van der Waals surface area contributed by atoms with Gasteiger partial charge in [-0.15, -0.1) is 11.3 Å². The summed E-state index contributed by atoms with van der Waals surface area (Å²) in [5.74, 6) is -0.160. The standard InChI is InChI=1S/C24H29N5O3S/c1-4-18-7-5-6-8-19(18)26-20(30)13-27-9-11-28(12-10-27)21(31)14-29-15-25-23-22(24(29)32)16(2)17(3)33-23/h5-8,15H,4,9-14H2,1-3H3,(H,26,30). The Kier molecular flexibility index (Phi) is 6.90. The van der Waals surface area contributed by atoms with E-state index in [1.165, 1.54) is 22.2 Å². The average molecular weight is 468 g/mol. The maximum Gasteiger partial charge on any atom is 0.262 e. The highest BCUT2D eigenvalue weighted by Crippen LogP contribution is 2.25. The minimum Gasteiger partial charge on any atom is -0.339 e. The Morgan fingerprint density at radius 1 is 1.09 bits per heavy atom. The Bertz CT molecular complexity index is 1240. The molecule has 1 aliphatic rings. The quantitative estimate of drug-likeness (QED) is 0.602. The number of piperazine rings is 1. The van der Waals surface area contributed by atoms with Crippen LogP contribution in [0.4, 0.5) is 5.69 Å². The smallest absolute Gasteiger partial charge is 0.262 e.